The second kappa shape index (κ2) is 4.63. The summed E-state index contributed by atoms with van der Waals surface area (Å²) in [6, 6.07) is 2.01. The molecule has 2 aliphatic rings. The maximum Gasteiger partial charge on any atom is 0.114 e. The first-order valence-corrected chi connectivity index (χ1v) is 6.79. The van der Waals surface area contributed by atoms with E-state index in [0.29, 0.717) is 5.92 Å². The van der Waals surface area contributed by atoms with Gasteiger partial charge >= 0.3 is 0 Å². The molecule has 1 atom stereocenters. The van der Waals surface area contributed by atoms with Gasteiger partial charge in [-0.25, -0.2) is 0 Å². The number of allylic oxidation sites excluding steroid dienone is 3. The van der Waals surface area contributed by atoms with Crippen LogP contribution in [0.4, 0.5) is 0 Å². The van der Waals surface area contributed by atoms with E-state index >= 15 is 0 Å². The van der Waals surface area contributed by atoms with Crippen LogP contribution in [-0.2, 0) is 10.3 Å². The highest BCUT2D eigenvalue weighted by Gasteiger charge is 2.40. The monoisotopic (exact) mass is 244 g/mol. The summed E-state index contributed by atoms with van der Waals surface area (Å²) in [5.41, 5.74) is 0.0298. The van der Waals surface area contributed by atoms with Gasteiger partial charge in [-0.15, -0.1) is 0 Å². The van der Waals surface area contributed by atoms with Gasteiger partial charge in [0.05, 0.1) is 12.6 Å². The van der Waals surface area contributed by atoms with Gasteiger partial charge in [-0.2, -0.15) is 5.10 Å². The Morgan fingerprint density at radius 3 is 2.78 bits per heavy atom. The smallest absolute Gasteiger partial charge is 0.114 e. The quantitative estimate of drug-likeness (QED) is 0.816. The number of rotatable bonds is 3. The molecule has 3 nitrogen and oxygen atoms in total. The predicted molar refractivity (Wildman–Crippen MR) is 71.0 cm³/mol. The second-order valence-electron chi connectivity index (χ2n) is 5.27. The van der Waals surface area contributed by atoms with Crippen LogP contribution in [0, 0.1) is 5.92 Å². The average molecular weight is 244 g/mol. The Kier molecular flexibility index (Phi) is 2.98. The Bertz CT molecular complexity index is 455. The van der Waals surface area contributed by atoms with Gasteiger partial charge < -0.3 is 4.74 Å². The lowest BCUT2D eigenvalue weighted by Gasteiger charge is -2.38. The molecule has 0 radical (unpaired) electrons. The first-order valence-electron chi connectivity index (χ1n) is 6.79. The summed E-state index contributed by atoms with van der Waals surface area (Å²) in [6.45, 7) is 0. The van der Waals surface area contributed by atoms with Crippen molar-refractivity contribution in [2.24, 2.45) is 5.92 Å². The molecule has 96 valence electrons. The second-order valence-corrected chi connectivity index (χ2v) is 5.27. The van der Waals surface area contributed by atoms with Crippen molar-refractivity contribution in [2.45, 2.75) is 37.6 Å². The standard InChI is InChI=1S/C15H20N2O/c1-18-14-7-9-15(10-8-14,13-5-2-3-6-13)17-12-4-11-16-17/h4,7-9,11-13H,2-3,5-6,10H2,1H3. The molecule has 3 rings (SSSR count). The van der Waals surface area contributed by atoms with Gasteiger partial charge in [0, 0.05) is 12.4 Å². The third kappa shape index (κ3) is 1.78. The first kappa shape index (κ1) is 11.6. The summed E-state index contributed by atoms with van der Waals surface area (Å²) in [5.74, 6) is 1.67. The van der Waals surface area contributed by atoms with E-state index in [9.17, 15) is 0 Å². The summed E-state index contributed by atoms with van der Waals surface area (Å²) in [7, 11) is 1.73. The highest BCUT2D eigenvalue weighted by molar-refractivity contribution is 5.25. The molecular formula is C15H20N2O. The van der Waals surface area contributed by atoms with E-state index in [2.05, 4.69) is 34.2 Å². The molecule has 0 saturated heterocycles. The minimum Gasteiger partial charge on any atom is -0.497 e. The van der Waals surface area contributed by atoms with Gasteiger partial charge in [0.1, 0.15) is 5.76 Å². The molecule has 1 aromatic rings. The molecule has 1 saturated carbocycles. The molecule has 0 bridgehead atoms. The summed E-state index contributed by atoms with van der Waals surface area (Å²) in [6.07, 6.45) is 16.9. The molecule has 0 aliphatic heterocycles. The van der Waals surface area contributed by atoms with Crippen molar-refractivity contribution in [3.8, 4) is 0 Å². The maximum absolute atomic E-state index is 5.31. The highest BCUT2D eigenvalue weighted by Crippen LogP contribution is 2.44. The number of methoxy groups -OCH3 is 1. The van der Waals surface area contributed by atoms with Crippen molar-refractivity contribution in [2.75, 3.05) is 7.11 Å². The molecule has 2 aliphatic carbocycles. The largest absolute Gasteiger partial charge is 0.497 e. The first-order chi connectivity index (χ1) is 8.85. The molecule has 0 spiro atoms. The summed E-state index contributed by atoms with van der Waals surface area (Å²) >= 11 is 0. The Balaban J connectivity index is 1.95. The minimum absolute atomic E-state index is 0.0298. The number of ether oxygens (including phenoxy) is 1. The molecule has 3 heteroatoms. The van der Waals surface area contributed by atoms with Gasteiger partial charge in [0.25, 0.3) is 0 Å². The number of nitrogens with zero attached hydrogens (tertiary/aromatic N) is 2. The fourth-order valence-corrected chi connectivity index (χ4v) is 3.38. The van der Waals surface area contributed by atoms with Crippen LogP contribution >= 0.6 is 0 Å². The third-order valence-electron chi connectivity index (χ3n) is 4.40. The zero-order chi connectivity index (χ0) is 12.4. The topological polar surface area (TPSA) is 27.1 Å². The van der Waals surface area contributed by atoms with Gasteiger partial charge in [-0.05, 0) is 43.4 Å². The normalized spacial score (nSPS) is 28.4. The molecule has 0 aromatic carbocycles. The molecule has 1 aromatic heterocycles. The molecule has 1 unspecified atom stereocenters. The molecule has 1 heterocycles. The SMILES string of the molecule is COC1=CCC(C2CCCC2)(n2cccn2)C=C1. The van der Waals surface area contributed by atoms with Gasteiger partial charge in [-0.1, -0.05) is 18.9 Å². The van der Waals surface area contributed by atoms with Crippen molar-refractivity contribution >= 4 is 0 Å². The summed E-state index contributed by atoms with van der Waals surface area (Å²) in [5, 5.41) is 4.50. The lowest BCUT2D eigenvalue weighted by molar-refractivity contribution is 0.202. The van der Waals surface area contributed by atoms with Crippen molar-refractivity contribution in [3.05, 3.63) is 42.4 Å². The van der Waals surface area contributed by atoms with Crippen molar-refractivity contribution in [1.29, 1.82) is 0 Å². The summed E-state index contributed by atoms with van der Waals surface area (Å²) < 4.78 is 7.45. The Labute approximate surface area is 108 Å². The Morgan fingerprint density at radius 1 is 1.39 bits per heavy atom. The van der Waals surface area contributed by atoms with Crippen molar-refractivity contribution < 1.29 is 4.74 Å². The van der Waals surface area contributed by atoms with Crippen LogP contribution in [0.25, 0.3) is 0 Å². The molecule has 1 fully saturated rings. The minimum atomic E-state index is 0.0298. The molecular weight excluding hydrogens is 224 g/mol. The highest BCUT2D eigenvalue weighted by atomic mass is 16.5. The molecule has 0 N–H and O–H groups in total. The summed E-state index contributed by atoms with van der Waals surface area (Å²) in [4.78, 5) is 0. The van der Waals surface area contributed by atoms with Gasteiger partial charge in [0.2, 0.25) is 0 Å². The van der Waals surface area contributed by atoms with Crippen LogP contribution in [0.5, 0.6) is 0 Å². The predicted octanol–water partition coefficient (Wildman–Crippen LogP) is 3.26. The average Bonchev–Trinajstić information content (AvgIpc) is 3.12. The van der Waals surface area contributed by atoms with Crippen LogP contribution in [0.3, 0.4) is 0 Å². The van der Waals surface area contributed by atoms with Gasteiger partial charge in [-0.3, -0.25) is 4.68 Å². The van der Waals surface area contributed by atoms with E-state index in [1.54, 1.807) is 7.11 Å². The van der Waals surface area contributed by atoms with E-state index in [1.165, 1.54) is 25.7 Å². The molecule has 0 amide bonds. The Hall–Kier alpha value is -1.51. The fourth-order valence-electron chi connectivity index (χ4n) is 3.38. The van der Waals surface area contributed by atoms with Crippen molar-refractivity contribution in [1.82, 2.24) is 9.78 Å². The lowest BCUT2D eigenvalue weighted by atomic mass is 9.77. The van der Waals surface area contributed by atoms with Crippen LogP contribution in [-0.4, -0.2) is 16.9 Å². The maximum atomic E-state index is 5.31. The van der Waals surface area contributed by atoms with E-state index < -0.39 is 0 Å². The van der Waals surface area contributed by atoms with E-state index in [-0.39, 0.29) is 5.54 Å². The Morgan fingerprint density at radius 2 is 2.22 bits per heavy atom. The zero-order valence-corrected chi connectivity index (χ0v) is 10.9. The van der Waals surface area contributed by atoms with Crippen LogP contribution < -0.4 is 0 Å². The van der Waals surface area contributed by atoms with Crippen LogP contribution in [0.1, 0.15) is 32.1 Å². The third-order valence-corrected chi connectivity index (χ3v) is 4.40. The lowest BCUT2D eigenvalue weighted by Crippen LogP contribution is -2.39. The van der Waals surface area contributed by atoms with Gasteiger partial charge in [0.15, 0.2) is 0 Å². The number of aromatic nitrogens is 2. The van der Waals surface area contributed by atoms with Crippen LogP contribution in [0.2, 0.25) is 0 Å². The van der Waals surface area contributed by atoms with E-state index in [1.807, 2.05) is 12.3 Å². The van der Waals surface area contributed by atoms with Crippen LogP contribution in [0.15, 0.2) is 42.4 Å². The molecule has 18 heavy (non-hydrogen) atoms. The number of hydrogen-bond acceptors (Lipinski definition) is 2. The fraction of sp³-hybridized carbons (Fsp3) is 0.533. The van der Waals surface area contributed by atoms with E-state index in [4.69, 9.17) is 4.74 Å². The van der Waals surface area contributed by atoms with Crippen molar-refractivity contribution in [3.63, 3.8) is 0 Å². The number of hydrogen-bond donors (Lipinski definition) is 0. The van der Waals surface area contributed by atoms with E-state index in [0.717, 1.165) is 12.2 Å². The zero-order valence-electron chi connectivity index (χ0n) is 10.9.